The van der Waals surface area contributed by atoms with Crippen molar-refractivity contribution in [1.82, 2.24) is 0 Å². The molecular weight excluding hydrogens is 320 g/mol. The van der Waals surface area contributed by atoms with E-state index in [1.54, 1.807) is 11.3 Å². The zero-order chi connectivity index (χ0) is 12.3. The molecule has 2 aromatic rings. The standard InChI is InChI=1S/C13H12BrClOS/c1-2-9-7-10(3-5-12(9)15)16-8-11-4-6-13(14)17-11/h3-7H,2,8H2,1H3. The lowest BCUT2D eigenvalue weighted by Gasteiger charge is -2.07. The SMILES string of the molecule is CCc1cc(OCc2ccc(Br)s2)ccc1Cl. The van der Waals surface area contributed by atoms with Gasteiger partial charge in [0.05, 0.1) is 3.79 Å². The second-order valence-corrected chi connectivity index (χ2v) is 6.56. The Labute approximate surface area is 119 Å². The van der Waals surface area contributed by atoms with Gasteiger partial charge in [-0.3, -0.25) is 0 Å². The Balaban J connectivity index is 2.04. The van der Waals surface area contributed by atoms with Crippen LogP contribution in [0.25, 0.3) is 0 Å². The first-order valence-electron chi connectivity index (χ1n) is 5.34. The summed E-state index contributed by atoms with van der Waals surface area (Å²) in [6.45, 7) is 2.68. The molecule has 1 aromatic heterocycles. The summed E-state index contributed by atoms with van der Waals surface area (Å²) in [5.74, 6) is 0.871. The Morgan fingerprint density at radius 1 is 1.29 bits per heavy atom. The van der Waals surface area contributed by atoms with Crippen molar-refractivity contribution in [2.45, 2.75) is 20.0 Å². The van der Waals surface area contributed by atoms with Gasteiger partial charge < -0.3 is 4.74 Å². The number of hydrogen-bond acceptors (Lipinski definition) is 2. The molecule has 0 fully saturated rings. The molecular formula is C13H12BrClOS. The third-order valence-electron chi connectivity index (χ3n) is 2.41. The molecule has 1 nitrogen and oxygen atoms in total. The monoisotopic (exact) mass is 330 g/mol. The lowest BCUT2D eigenvalue weighted by molar-refractivity contribution is 0.309. The smallest absolute Gasteiger partial charge is 0.122 e. The quantitative estimate of drug-likeness (QED) is 0.738. The summed E-state index contributed by atoms with van der Waals surface area (Å²) in [7, 11) is 0. The summed E-state index contributed by atoms with van der Waals surface area (Å²) >= 11 is 11.2. The van der Waals surface area contributed by atoms with Gasteiger partial charge in [0.2, 0.25) is 0 Å². The highest BCUT2D eigenvalue weighted by atomic mass is 79.9. The van der Waals surface area contributed by atoms with E-state index in [9.17, 15) is 0 Å². The molecule has 1 aromatic carbocycles. The summed E-state index contributed by atoms with van der Waals surface area (Å²) < 4.78 is 6.86. The van der Waals surface area contributed by atoms with Crippen molar-refractivity contribution in [2.24, 2.45) is 0 Å². The molecule has 0 amide bonds. The molecule has 0 aliphatic heterocycles. The van der Waals surface area contributed by atoms with E-state index in [1.165, 1.54) is 4.88 Å². The number of hydrogen-bond donors (Lipinski definition) is 0. The van der Waals surface area contributed by atoms with Crippen LogP contribution >= 0.6 is 38.9 Å². The predicted octanol–water partition coefficient (Wildman–Crippen LogP) is 5.31. The second kappa shape index (κ2) is 5.89. The van der Waals surface area contributed by atoms with Gasteiger partial charge in [0.15, 0.2) is 0 Å². The second-order valence-electron chi connectivity index (χ2n) is 3.60. The van der Waals surface area contributed by atoms with Gasteiger partial charge >= 0.3 is 0 Å². The fourth-order valence-electron chi connectivity index (χ4n) is 1.50. The van der Waals surface area contributed by atoms with Crippen LogP contribution in [0.3, 0.4) is 0 Å². The van der Waals surface area contributed by atoms with Gasteiger partial charge in [0.25, 0.3) is 0 Å². The molecule has 2 rings (SSSR count). The van der Waals surface area contributed by atoms with E-state index >= 15 is 0 Å². The largest absolute Gasteiger partial charge is 0.488 e. The fourth-order valence-corrected chi connectivity index (χ4v) is 3.14. The average Bonchev–Trinajstić information content (AvgIpc) is 2.74. The minimum atomic E-state index is 0.598. The van der Waals surface area contributed by atoms with Gasteiger partial charge in [-0.25, -0.2) is 0 Å². The molecule has 0 radical (unpaired) electrons. The van der Waals surface area contributed by atoms with E-state index in [0.717, 1.165) is 26.5 Å². The molecule has 0 aliphatic rings. The summed E-state index contributed by atoms with van der Waals surface area (Å²) in [6.07, 6.45) is 0.917. The predicted molar refractivity (Wildman–Crippen MR) is 77.2 cm³/mol. The van der Waals surface area contributed by atoms with Crippen molar-refractivity contribution in [3.8, 4) is 5.75 Å². The van der Waals surface area contributed by atoms with E-state index in [1.807, 2.05) is 24.3 Å². The lowest BCUT2D eigenvalue weighted by atomic mass is 10.1. The summed E-state index contributed by atoms with van der Waals surface area (Å²) in [6, 6.07) is 9.89. The summed E-state index contributed by atoms with van der Waals surface area (Å²) in [5, 5.41) is 0.804. The Morgan fingerprint density at radius 2 is 2.12 bits per heavy atom. The number of rotatable bonds is 4. The number of thiophene rings is 1. The molecule has 0 bridgehead atoms. The Morgan fingerprint density at radius 3 is 2.76 bits per heavy atom. The van der Waals surface area contributed by atoms with Gasteiger partial charge in [0.1, 0.15) is 12.4 Å². The van der Waals surface area contributed by atoms with Crippen LogP contribution in [0.5, 0.6) is 5.75 Å². The van der Waals surface area contributed by atoms with Crippen LogP contribution in [-0.4, -0.2) is 0 Å². The Kier molecular flexibility index (Phi) is 4.48. The topological polar surface area (TPSA) is 9.23 Å². The fraction of sp³-hybridized carbons (Fsp3) is 0.231. The van der Waals surface area contributed by atoms with Crippen LogP contribution in [0, 0.1) is 0 Å². The van der Waals surface area contributed by atoms with Crippen LogP contribution < -0.4 is 4.74 Å². The highest BCUT2D eigenvalue weighted by molar-refractivity contribution is 9.11. The molecule has 0 unspecified atom stereocenters. The maximum absolute atomic E-state index is 6.06. The lowest BCUT2D eigenvalue weighted by Crippen LogP contribution is -1.94. The van der Waals surface area contributed by atoms with E-state index in [2.05, 4.69) is 28.9 Å². The first kappa shape index (κ1) is 12.9. The molecule has 0 saturated carbocycles. The van der Waals surface area contributed by atoms with E-state index in [-0.39, 0.29) is 0 Å². The van der Waals surface area contributed by atoms with Gasteiger partial charge in [0, 0.05) is 9.90 Å². The van der Waals surface area contributed by atoms with Crippen LogP contribution in [0.1, 0.15) is 17.4 Å². The molecule has 4 heteroatoms. The minimum Gasteiger partial charge on any atom is -0.488 e. The zero-order valence-corrected chi connectivity index (χ0v) is 12.5. The molecule has 90 valence electrons. The van der Waals surface area contributed by atoms with Crippen molar-refractivity contribution in [3.63, 3.8) is 0 Å². The van der Waals surface area contributed by atoms with Crippen LogP contribution in [0.15, 0.2) is 34.1 Å². The minimum absolute atomic E-state index is 0.598. The van der Waals surface area contributed by atoms with E-state index in [0.29, 0.717) is 6.61 Å². The Bertz CT molecular complexity index is 510. The third-order valence-corrected chi connectivity index (χ3v) is 4.37. The molecule has 0 spiro atoms. The summed E-state index contributed by atoms with van der Waals surface area (Å²) in [5.41, 5.74) is 1.12. The highest BCUT2D eigenvalue weighted by Crippen LogP contribution is 2.26. The zero-order valence-electron chi connectivity index (χ0n) is 9.37. The number of benzene rings is 1. The van der Waals surface area contributed by atoms with E-state index in [4.69, 9.17) is 16.3 Å². The summed E-state index contributed by atoms with van der Waals surface area (Å²) in [4.78, 5) is 1.20. The number of ether oxygens (including phenoxy) is 1. The average molecular weight is 332 g/mol. The molecule has 0 N–H and O–H groups in total. The van der Waals surface area contributed by atoms with Crippen molar-refractivity contribution in [2.75, 3.05) is 0 Å². The van der Waals surface area contributed by atoms with Crippen LogP contribution in [0.2, 0.25) is 5.02 Å². The highest BCUT2D eigenvalue weighted by Gasteiger charge is 2.03. The number of aryl methyl sites for hydroxylation is 1. The molecule has 1 heterocycles. The van der Waals surface area contributed by atoms with Crippen molar-refractivity contribution in [3.05, 3.63) is 49.6 Å². The van der Waals surface area contributed by atoms with Gasteiger partial charge in [-0.05, 0) is 58.2 Å². The Hall–Kier alpha value is -0.510. The van der Waals surface area contributed by atoms with E-state index < -0.39 is 0 Å². The molecule has 0 atom stereocenters. The van der Waals surface area contributed by atoms with Crippen LogP contribution in [0.4, 0.5) is 0 Å². The molecule has 0 saturated heterocycles. The normalized spacial score (nSPS) is 10.5. The van der Waals surface area contributed by atoms with Gasteiger partial charge in [-0.2, -0.15) is 0 Å². The van der Waals surface area contributed by atoms with Gasteiger partial charge in [-0.1, -0.05) is 18.5 Å². The molecule has 17 heavy (non-hydrogen) atoms. The maximum atomic E-state index is 6.06. The maximum Gasteiger partial charge on any atom is 0.122 e. The first-order chi connectivity index (χ1) is 8.19. The van der Waals surface area contributed by atoms with Crippen LogP contribution in [-0.2, 0) is 13.0 Å². The van der Waals surface area contributed by atoms with Crippen molar-refractivity contribution in [1.29, 1.82) is 0 Å². The molecule has 0 aliphatic carbocycles. The van der Waals surface area contributed by atoms with Gasteiger partial charge in [-0.15, -0.1) is 11.3 Å². The van der Waals surface area contributed by atoms with Crippen molar-refractivity contribution < 1.29 is 4.74 Å². The third kappa shape index (κ3) is 3.47. The van der Waals surface area contributed by atoms with Crippen molar-refractivity contribution >= 4 is 38.9 Å². The first-order valence-corrected chi connectivity index (χ1v) is 7.33. The number of halogens is 2.